The van der Waals surface area contributed by atoms with Crippen molar-refractivity contribution in [2.45, 2.75) is 39.2 Å². The van der Waals surface area contributed by atoms with Crippen LogP contribution in [-0.4, -0.2) is 61.6 Å². The summed E-state index contributed by atoms with van der Waals surface area (Å²) in [6, 6.07) is 11.5. The third-order valence-electron chi connectivity index (χ3n) is 6.85. The van der Waals surface area contributed by atoms with Crippen molar-refractivity contribution in [3.63, 3.8) is 0 Å². The van der Waals surface area contributed by atoms with Gasteiger partial charge in [0.2, 0.25) is 0 Å². The maximum Gasteiger partial charge on any atom is 0.290 e. The van der Waals surface area contributed by atoms with E-state index in [9.17, 15) is 14.0 Å². The van der Waals surface area contributed by atoms with Gasteiger partial charge in [-0.3, -0.25) is 14.3 Å². The van der Waals surface area contributed by atoms with E-state index in [1.54, 1.807) is 52.0 Å². The highest BCUT2D eigenvalue weighted by Crippen LogP contribution is 2.33. The monoisotopic (exact) mass is 503 g/mol. The van der Waals surface area contributed by atoms with Gasteiger partial charge in [-0.2, -0.15) is 5.10 Å². The SMILES string of the molecule is CC(C)c1cc(-c2ccc(F)cc2)nc2cc(C(=O)N3CCN(C(=O)c4ccn(C)n4)CC3(C)C)oc12. The first-order valence-corrected chi connectivity index (χ1v) is 12.3. The molecule has 2 amide bonds. The quantitative estimate of drug-likeness (QED) is 0.397. The van der Waals surface area contributed by atoms with Crippen LogP contribution in [0.15, 0.2) is 53.1 Å². The summed E-state index contributed by atoms with van der Waals surface area (Å²) in [5, 5.41) is 4.22. The summed E-state index contributed by atoms with van der Waals surface area (Å²) < 4.78 is 21.2. The van der Waals surface area contributed by atoms with Gasteiger partial charge < -0.3 is 14.2 Å². The molecule has 192 valence electrons. The Morgan fingerprint density at radius 3 is 2.41 bits per heavy atom. The van der Waals surface area contributed by atoms with E-state index in [4.69, 9.17) is 9.40 Å². The predicted octanol–water partition coefficient (Wildman–Crippen LogP) is 4.87. The van der Waals surface area contributed by atoms with E-state index in [0.717, 1.165) is 11.1 Å². The normalized spacial score (nSPS) is 15.5. The summed E-state index contributed by atoms with van der Waals surface area (Å²) in [6.07, 6.45) is 1.74. The van der Waals surface area contributed by atoms with Crippen LogP contribution in [0.25, 0.3) is 22.4 Å². The smallest absolute Gasteiger partial charge is 0.290 e. The lowest BCUT2D eigenvalue weighted by atomic mass is 9.98. The Balaban J connectivity index is 1.43. The largest absolute Gasteiger partial charge is 0.449 e. The fraction of sp³-hybridized carbons (Fsp3) is 0.357. The molecule has 4 aromatic rings. The van der Waals surface area contributed by atoms with Gasteiger partial charge >= 0.3 is 0 Å². The van der Waals surface area contributed by atoms with Crippen molar-refractivity contribution in [1.29, 1.82) is 0 Å². The maximum absolute atomic E-state index is 13.7. The van der Waals surface area contributed by atoms with Crippen molar-refractivity contribution in [2.75, 3.05) is 19.6 Å². The number of amides is 2. The minimum Gasteiger partial charge on any atom is -0.449 e. The zero-order chi connectivity index (χ0) is 26.5. The molecule has 1 saturated heterocycles. The third-order valence-corrected chi connectivity index (χ3v) is 6.85. The second-order valence-corrected chi connectivity index (χ2v) is 10.5. The average Bonchev–Trinajstić information content (AvgIpc) is 3.48. The van der Waals surface area contributed by atoms with Crippen molar-refractivity contribution in [3.05, 3.63) is 71.5 Å². The standard InChI is InChI=1S/C28H30FN5O3/c1-17(2)20-14-22(18-6-8-19(29)9-7-18)30-23-15-24(37-25(20)23)27(36)34-13-12-33(16-28(34,3)4)26(35)21-10-11-32(5)31-21/h6-11,14-15,17H,12-13,16H2,1-5H3. The van der Waals surface area contributed by atoms with E-state index in [0.29, 0.717) is 42.1 Å². The summed E-state index contributed by atoms with van der Waals surface area (Å²) in [7, 11) is 1.77. The molecular formula is C28H30FN5O3. The summed E-state index contributed by atoms with van der Waals surface area (Å²) in [5.41, 5.74) is 3.33. The molecule has 0 saturated carbocycles. The van der Waals surface area contributed by atoms with Gasteiger partial charge in [-0.1, -0.05) is 13.8 Å². The molecule has 1 aliphatic heterocycles. The van der Waals surface area contributed by atoms with Crippen molar-refractivity contribution < 1.29 is 18.4 Å². The number of halogens is 1. The lowest BCUT2D eigenvalue weighted by Gasteiger charge is -2.46. The Kier molecular flexibility index (Phi) is 6.09. The molecule has 37 heavy (non-hydrogen) atoms. The Bertz CT molecular complexity index is 1490. The number of aromatic nitrogens is 3. The number of carbonyl (C=O) groups is 2. The summed E-state index contributed by atoms with van der Waals surface area (Å²) >= 11 is 0. The van der Waals surface area contributed by atoms with Crippen LogP contribution in [0, 0.1) is 5.82 Å². The highest BCUT2D eigenvalue weighted by Gasteiger charge is 2.40. The zero-order valence-corrected chi connectivity index (χ0v) is 21.7. The Morgan fingerprint density at radius 2 is 1.78 bits per heavy atom. The minimum absolute atomic E-state index is 0.122. The van der Waals surface area contributed by atoms with E-state index >= 15 is 0 Å². The van der Waals surface area contributed by atoms with Gasteiger partial charge in [0.1, 0.15) is 17.0 Å². The van der Waals surface area contributed by atoms with Crippen LogP contribution < -0.4 is 0 Å². The molecule has 1 fully saturated rings. The van der Waals surface area contributed by atoms with Crippen LogP contribution in [0.2, 0.25) is 0 Å². The molecule has 8 nitrogen and oxygen atoms in total. The van der Waals surface area contributed by atoms with Gasteiger partial charge in [-0.05, 0) is 56.2 Å². The molecule has 0 unspecified atom stereocenters. The Labute approximate surface area is 214 Å². The number of hydrogen-bond donors (Lipinski definition) is 0. The van der Waals surface area contributed by atoms with Gasteiger partial charge in [-0.15, -0.1) is 0 Å². The second kappa shape index (κ2) is 9.14. The second-order valence-electron chi connectivity index (χ2n) is 10.5. The fourth-order valence-electron chi connectivity index (χ4n) is 4.88. The van der Waals surface area contributed by atoms with Crippen LogP contribution in [0.5, 0.6) is 0 Å². The number of furan rings is 1. The van der Waals surface area contributed by atoms with Crippen LogP contribution in [-0.2, 0) is 7.05 Å². The number of benzene rings is 1. The summed E-state index contributed by atoms with van der Waals surface area (Å²) in [6.45, 7) is 9.12. The molecule has 0 radical (unpaired) electrons. The van der Waals surface area contributed by atoms with Gasteiger partial charge in [-0.25, -0.2) is 9.37 Å². The van der Waals surface area contributed by atoms with E-state index in [1.807, 2.05) is 33.8 Å². The zero-order valence-electron chi connectivity index (χ0n) is 21.7. The summed E-state index contributed by atoms with van der Waals surface area (Å²) in [5.74, 6) is -0.376. The van der Waals surface area contributed by atoms with Crippen molar-refractivity contribution in [2.24, 2.45) is 7.05 Å². The van der Waals surface area contributed by atoms with Crippen molar-refractivity contribution in [3.8, 4) is 11.3 Å². The van der Waals surface area contributed by atoms with Crippen LogP contribution >= 0.6 is 0 Å². The molecule has 4 heterocycles. The summed E-state index contributed by atoms with van der Waals surface area (Å²) in [4.78, 5) is 34.8. The van der Waals surface area contributed by atoms with E-state index in [-0.39, 0.29) is 29.3 Å². The molecule has 0 atom stereocenters. The number of rotatable bonds is 4. The van der Waals surface area contributed by atoms with Crippen LogP contribution in [0.1, 0.15) is 60.2 Å². The molecule has 3 aromatic heterocycles. The molecule has 9 heteroatoms. The Morgan fingerprint density at radius 1 is 1.05 bits per heavy atom. The van der Waals surface area contributed by atoms with Crippen molar-refractivity contribution in [1.82, 2.24) is 24.6 Å². The van der Waals surface area contributed by atoms with Crippen LogP contribution in [0.3, 0.4) is 0 Å². The number of fused-ring (bicyclic) bond motifs is 1. The van der Waals surface area contributed by atoms with E-state index in [2.05, 4.69) is 5.10 Å². The lowest BCUT2D eigenvalue weighted by molar-refractivity contribution is 0.0148. The third kappa shape index (κ3) is 4.61. The predicted molar refractivity (Wildman–Crippen MR) is 138 cm³/mol. The fourth-order valence-corrected chi connectivity index (χ4v) is 4.88. The van der Waals surface area contributed by atoms with E-state index < -0.39 is 5.54 Å². The topological polar surface area (TPSA) is 84.5 Å². The minimum atomic E-state index is -0.619. The van der Waals surface area contributed by atoms with Gasteiger partial charge in [0.25, 0.3) is 11.8 Å². The average molecular weight is 504 g/mol. The number of carbonyl (C=O) groups excluding carboxylic acids is 2. The molecule has 1 aromatic carbocycles. The van der Waals surface area contributed by atoms with Crippen molar-refractivity contribution >= 4 is 22.9 Å². The molecular weight excluding hydrogens is 473 g/mol. The number of nitrogens with zero attached hydrogens (tertiary/aromatic N) is 5. The first kappa shape index (κ1) is 24.7. The highest BCUT2D eigenvalue weighted by molar-refractivity contribution is 5.97. The first-order chi connectivity index (χ1) is 17.5. The van der Waals surface area contributed by atoms with Gasteiger partial charge in [0.15, 0.2) is 11.3 Å². The first-order valence-electron chi connectivity index (χ1n) is 12.3. The number of pyridine rings is 1. The Hall–Kier alpha value is -4.01. The number of aryl methyl sites for hydroxylation is 1. The molecule has 0 bridgehead atoms. The molecule has 5 rings (SSSR count). The van der Waals surface area contributed by atoms with Gasteiger partial charge in [0.05, 0.1) is 11.2 Å². The maximum atomic E-state index is 13.7. The van der Waals surface area contributed by atoms with Gasteiger partial charge in [0, 0.05) is 50.1 Å². The highest BCUT2D eigenvalue weighted by atomic mass is 19.1. The molecule has 0 aliphatic carbocycles. The molecule has 0 N–H and O–H groups in total. The van der Waals surface area contributed by atoms with E-state index in [1.165, 1.54) is 12.1 Å². The lowest BCUT2D eigenvalue weighted by Crippen LogP contribution is -2.62. The number of piperazine rings is 1. The van der Waals surface area contributed by atoms with Crippen LogP contribution in [0.4, 0.5) is 4.39 Å². The molecule has 0 spiro atoms. The molecule has 1 aliphatic rings. The number of hydrogen-bond acceptors (Lipinski definition) is 5.